The lowest BCUT2D eigenvalue weighted by Gasteiger charge is -2.21. The van der Waals surface area contributed by atoms with E-state index >= 15 is 0 Å². The van der Waals surface area contributed by atoms with Gasteiger partial charge in [-0.1, -0.05) is 23.2 Å². The molecule has 25 heavy (non-hydrogen) atoms. The number of nitrogens with one attached hydrogen (secondary N) is 2. The number of benzene rings is 2. The van der Waals surface area contributed by atoms with Crippen molar-refractivity contribution in [2.75, 3.05) is 5.32 Å². The predicted octanol–water partition coefficient (Wildman–Crippen LogP) is 4.32. The number of anilines is 1. The number of hydrogen-bond acceptors (Lipinski definition) is 3. The minimum atomic E-state index is -3.86. The summed E-state index contributed by atoms with van der Waals surface area (Å²) in [6.45, 7) is 5.15. The average Bonchev–Trinajstić information content (AvgIpc) is 2.47. The zero-order valence-corrected chi connectivity index (χ0v) is 16.3. The molecule has 0 aliphatic carbocycles. The second kappa shape index (κ2) is 7.33. The van der Waals surface area contributed by atoms with Gasteiger partial charge in [-0.15, -0.1) is 0 Å². The van der Waals surface area contributed by atoms with Crippen LogP contribution in [0.25, 0.3) is 0 Å². The highest BCUT2D eigenvalue weighted by molar-refractivity contribution is 7.89. The summed E-state index contributed by atoms with van der Waals surface area (Å²) in [5, 5.41) is 3.26. The SMILES string of the molecule is CC(C)(C)NS(=O)(=O)c1cc(C(=O)Nc2ccc(Cl)cc2)ccc1Cl. The Kier molecular flexibility index (Phi) is 5.79. The Bertz CT molecular complexity index is 889. The van der Waals surface area contributed by atoms with Crippen LogP contribution in [0, 0.1) is 0 Å². The van der Waals surface area contributed by atoms with Gasteiger partial charge in [-0.05, 0) is 63.2 Å². The van der Waals surface area contributed by atoms with Crippen molar-refractivity contribution in [3.63, 3.8) is 0 Å². The van der Waals surface area contributed by atoms with Gasteiger partial charge in [-0.25, -0.2) is 13.1 Å². The van der Waals surface area contributed by atoms with Gasteiger partial charge in [0.15, 0.2) is 0 Å². The van der Waals surface area contributed by atoms with Crippen molar-refractivity contribution >= 4 is 44.8 Å². The van der Waals surface area contributed by atoms with E-state index in [9.17, 15) is 13.2 Å². The van der Waals surface area contributed by atoms with Gasteiger partial charge in [0.1, 0.15) is 4.90 Å². The van der Waals surface area contributed by atoms with Crippen LogP contribution in [0.1, 0.15) is 31.1 Å². The normalized spacial score (nSPS) is 12.0. The van der Waals surface area contributed by atoms with E-state index in [0.717, 1.165) is 0 Å². The summed E-state index contributed by atoms with van der Waals surface area (Å²) in [4.78, 5) is 12.2. The molecule has 2 aromatic carbocycles. The molecular weight excluding hydrogens is 383 g/mol. The van der Waals surface area contributed by atoms with Crippen LogP contribution in [-0.4, -0.2) is 19.9 Å². The monoisotopic (exact) mass is 400 g/mol. The topological polar surface area (TPSA) is 75.3 Å². The van der Waals surface area contributed by atoms with Crippen molar-refractivity contribution in [3.8, 4) is 0 Å². The van der Waals surface area contributed by atoms with Gasteiger partial charge in [0, 0.05) is 21.8 Å². The molecule has 0 aliphatic rings. The highest BCUT2D eigenvalue weighted by Gasteiger charge is 2.25. The third-order valence-electron chi connectivity index (χ3n) is 3.03. The largest absolute Gasteiger partial charge is 0.322 e. The van der Waals surface area contributed by atoms with E-state index in [1.165, 1.54) is 18.2 Å². The van der Waals surface area contributed by atoms with Gasteiger partial charge in [-0.2, -0.15) is 0 Å². The van der Waals surface area contributed by atoms with Crippen LogP contribution in [0.3, 0.4) is 0 Å². The number of carbonyl (C=O) groups excluding carboxylic acids is 1. The van der Waals surface area contributed by atoms with Crippen LogP contribution in [0.15, 0.2) is 47.4 Å². The van der Waals surface area contributed by atoms with Crippen molar-refractivity contribution in [3.05, 3.63) is 58.1 Å². The maximum absolute atomic E-state index is 12.5. The van der Waals surface area contributed by atoms with E-state index in [1.54, 1.807) is 45.0 Å². The van der Waals surface area contributed by atoms with Gasteiger partial charge < -0.3 is 5.32 Å². The Balaban J connectivity index is 2.32. The van der Waals surface area contributed by atoms with Gasteiger partial charge in [0.05, 0.1) is 5.02 Å². The number of amides is 1. The minimum absolute atomic E-state index is 0.0415. The summed E-state index contributed by atoms with van der Waals surface area (Å²) in [5.74, 6) is -0.453. The maximum Gasteiger partial charge on any atom is 0.255 e. The zero-order chi connectivity index (χ0) is 18.8. The van der Waals surface area contributed by atoms with Gasteiger partial charge in [0.25, 0.3) is 5.91 Å². The molecule has 0 saturated carbocycles. The van der Waals surface area contributed by atoms with Crippen molar-refractivity contribution in [2.45, 2.75) is 31.2 Å². The molecule has 2 N–H and O–H groups in total. The van der Waals surface area contributed by atoms with E-state index in [4.69, 9.17) is 23.2 Å². The molecule has 0 aromatic heterocycles. The molecule has 0 aliphatic heterocycles. The first-order chi connectivity index (χ1) is 11.5. The number of rotatable bonds is 4. The van der Waals surface area contributed by atoms with Crippen molar-refractivity contribution in [1.29, 1.82) is 0 Å². The van der Waals surface area contributed by atoms with E-state index in [1.807, 2.05) is 0 Å². The molecule has 0 atom stereocenters. The highest BCUT2D eigenvalue weighted by Crippen LogP contribution is 2.24. The molecule has 0 saturated heterocycles. The summed E-state index contributed by atoms with van der Waals surface area (Å²) in [6.07, 6.45) is 0. The van der Waals surface area contributed by atoms with Crippen LogP contribution in [0.4, 0.5) is 5.69 Å². The molecule has 0 bridgehead atoms. The van der Waals surface area contributed by atoms with Crippen LogP contribution in [-0.2, 0) is 10.0 Å². The third kappa shape index (κ3) is 5.44. The maximum atomic E-state index is 12.5. The molecule has 0 unspecified atom stereocenters. The Labute approximate surface area is 157 Å². The van der Waals surface area contributed by atoms with E-state index in [-0.39, 0.29) is 15.5 Å². The minimum Gasteiger partial charge on any atom is -0.322 e. The van der Waals surface area contributed by atoms with E-state index in [2.05, 4.69) is 10.0 Å². The van der Waals surface area contributed by atoms with Crippen LogP contribution in [0.2, 0.25) is 10.0 Å². The summed E-state index contributed by atoms with van der Waals surface area (Å²) >= 11 is 11.8. The summed E-state index contributed by atoms with van der Waals surface area (Å²) in [7, 11) is -3.86. The Morgan fingerprint density at radius 3 is 2.16 bits per heavy atom. The molecule has 2 rings (SSSR count). The second-order valence-corrected chi connectivity index (χ2v) is 8.96. The lowest BCUT2D eigenvalue weighted by atomic mass is 10.1. The fourth-order valence-electron chi connectivity index (χ4n) is 2.05. The Morgan fingerprint density at radius 2 is 1.60 bits per heavy atom. The molecule has 0 heterocycles. The molecule has 5 nitrogen and oxygen atoms in total. The molecule has 8 heteroatoms. The predicted molar refractivity (Wildman–Crippen MR) is 101 cm³/mol. The first-order valence-corrected chi connectivity index (χ1v) is 9.62. The summed E-state index contributed by atoms with van der Waals surface area (Å²) in [5.41, 5.74) is 0.0409. The molecule has 0 radical (unpaired) electrons. The van der Waals surface area contributed by atoms with Crippen LogP contribution in [0.5, 0.6) is 0 Å². The highest BCUT2D eigenvalue weighted by atomic mass is 35.5. The quantitative estimate of drug-likeness (QED) is 0.801. The van der Waals surface area contributed by atoms with Gasteiger partial charge >= 0.3 is 0 Å². The molecule has 0 fully saturated rings. The van der Waals surface area contributed by atoms with E-state index in [0.29, 0.717) is 10.7 Å². The first kappa shape index (κ1) is 19.7. The lowest BCUT2D eigenvalue weighted by molar-refractivity contribution is 0.102. The van der Waals surface area contributed by atoms with Crippen LogP contribution < -0.4 is 10.0 Å². The molecular formula is C17H18Cl2N2O3S. The number of sulfonamides is 1. The standard InChI is InChI=1S/C17H18Cl2N2O3S/c1-17(2,3)21-25(23,24)15-10-11(4-9-14(15)19)16(22)20-13-7-5-12(18)6-8-13/h4-10,21H,1-3H3,(H,20,22). The van der Waals surface area contributed by atoms with Gasteiger partial charge in [0.2, 0.25) is 10.0 Å². The summed E-state index contributed by atoms with van der Waals surface area (Å²) < 4.78 is 27.5. The Morgan fingerprint density at radius 1 is 1.00 bits per heavy atom. The van der Waals surface area contributed by atoms with E-state index < -0.39 is 21.5 Å². The summed E-state index contributed by atoms with van der Waals surface area (Å²) in [6, 6.07) is 10.7. The Hall–Kier alpha value is -1.60. The van der Waals surface area contributed by atoms with Crippen molar-refractivity contribution in [1.82, 2.24) is 4.72 Å². The number of hydrogen-bond donors (Lipinski definition) is 2. The van der Waals surface area contributed by atoms with Crippen LogP contribution >= 0.6 is 23.2 Å². The molecule has 1 amide bonds. The smallest absolute Gasteiger partial charge is 0.255 e. The molecule has 0 spiro atoms. The lowest BCUT2D eigenvalue weighted by Crippen LogP contribution is -2.40. The third-order valence-corrected chi connectivity index (χ3v) is 5.52. The number of halogens is 2. The number of carbonyl (C=O) groups is 1. The fourth-order valence-corrected chi connectivity index (χ4v) is 4.12. The van der Waals surface area contributed by atoms with Gasteiger partial charge in [-0.3, -0.25) is 4.79 Å². The second-order valence-electron chi connectivity index (χ2n) is 6.46. The molecule has 2 aromatic rings. The fraction of sp³-hybridized carbons (Fsp3) is 0.235. The first-order valence-electron chi connectivity index (χ1n) is 7.38. The average molecular weight is 401 g/mol. The van der Waals surface area contributed by atoms with Crippen molar-refractivity contribution in [2.24, 2.45) is 0 Å². The molecule has 134 valence electrons. The zero-order valence-electron chi connectivity index (χ0n) is 13.9. The van der Waals surface area contributed by atoms with Crippen molar-refractivity contribution < 1.29 is 13.2 Å².